The second-order valence-electron chi connectivity index (χ2n) is 6.63. The minimum absolute atomic E-state index is 0.227. The second-order valence-corrected chi connectivity index (χ2v) is 6.63. The van der Waals surface area contributed by atoms with Gasteiger partial charge < -0.3 is 20.7 Å². The number of hydrogen-bond donors (Lipinski definition) is 2. The molecular formula is C15H29N3O2. The van der Waals surface area contributed by atoms with Crippen molar-refractivity contribution in [3.8, 4) is 0 Å². The van der Waals surface area contributed by atoms with Gasteiger partial charge in [-0.3, -0.25) is 4.79 Å². The Morgan fingerprint density at radius 3 is 2.80 bits per heavy atom. The van der Waals surface area contributed by atoms with Crippen LogP contribution in [-0.4, -0.2) is 55.7 Å². The number of hydrogen-bond acceptors (Lipinski definition) is 4. The maximum absolute atomic E-state index is 11.7. The summed E-state index contributed by atoms with van der Waals surface area (Å²) in [4.78, 5) is 14.2. The van der Waals surface area contributed by atoms with Gasteiger partial charge in [0.15, 0.2) is 0 Å². The first-order valence-corrected chi connectivity index (χ1v) is 7.82. The van der Waals surface area contributed by atoms with Gasteiger partial charge in [-0.05, 0) is 51.5 Å². The molecule has 5 heteroatoms. The third kappa shape index (κ3) is 4.43. The molecule has 0 aromatic heterocycles. The molecule has 1 aliphatic heterocycles. The van der Waals surface area contributed by atoms with Crippen LogP contribution in [0, 0.1) is 5.92 Å². The number of likely N-dealkylation sites (tertiary alicyclic amines) is 1. The van der Waals surface area contributed by atoms with E-state index < -0.39 is 5.54 Å². The number of nitrogens with one attached hydrogen (secondary N) is 1. The van der Waals surface area contributed by atoms with Crippen LogP contribution in [0.4, 0.5) is 0 Å². The molecule has 1 saturated carbocycles. The van der Waals surface area contributed by atoms with Gasteiger partial charge in [0.25, 0.3) is 0 Å². The fourth-order valence-electron chi connectivity index (χ4n) is 3.05. The van der Waals surface area contributed by atoms with Crippen LogP contribution >= 0.6 is 0 Å². The van der Waals surface area contributed by atoms with E-state index in [4.69, 9.17) is 10.5 Å². The summed E-state index contributed by atoms with van der Waals surface area (Å²) < 4.78 is 5.26. The summed E-state index contributed by atoms with van der Waals surface area (Å²) in [5.41, 5.74) is 5.04. The van der Waals surface area contributed by atoms with Gasteiger partial charge in [-0.1, -0.05) is 0 Å². The molecule has 2 unspecified atom stereocenters. The molecule has 0 aromatic carbocycles. The highest BCUT2D eigenvalue weighted by Crippen LogP contribution is 2.25. The fourth-order valence-corrected chi connectivity index (χ4v) is 3.05. The van der Waals surface area contributed by atoms with E-state index in [0.29, 0.717) is 12.0 Å². The molecule has 2 rings (SSSR count). The first-order valence-electron chi connectivity index (χ1n) is 7.82. The molecule has 2 aliphatic rings. The zero-order valence-electron chi connectivity index (χ0n) is 12.9. The third-order valence-corrected chi connectivity index (χ3v) is 4.58. The van der Waals surface area contributed by atoms with Gasteiger partial charge in [0.2, 0.25) is 5.91 Å². The molecule has 20 heavy (non-hydrogen) atoms. The number of piperidine rings is 1. The number of rotatable bonds is 8. The number of ether oxygens (including phenoxy) is 1. The Hall–Kier alpha value is -0.650. The summed E-state index contributed by atoms with van der Waals surface area (Å²) in [5.74, 6) is 0.403. The highest BCUT2D eigenvalue weighted by molar-refractivity contribution is 5.84. The summed E-state index contributed by atoms with van der Waals surface area (Å²) in [6, 6.07) is 0.495. The second kappa shape index (κ2) is 6.87. The van der Waals surface area contributed by atoms with Crippen molar-refractivity contribution in [2.24, 2.45) is 11.7 Å². The first kappa shape index (κ1) is 15.7. The minimum atomic E-state index is -0.560. The average Bonchev–Trinajstić information content (AvgIpc) is 3.21. The zero-order chi connectivity index (χ0) is 14.6. The number of nitrogens with two attached hydrogens (primary N) is 1. The molecule has 1 aliphatic carbocycles. The van der Waals surface area contributed by atoms with E-state index >= 15 is 0 Å². The fraction of sp³-hybridized carbons (Fsp3) is 0.933. The predicted octanol–water partition coefficient (Wildman–Crippen LogP) is 0.731. The van der Waals surface area contributed by atoms with Gasteiger partial charge in [0.1, 0.15) is 0 Å². The van der Waals surface area contributed by atoms with Crippen LogP contribution in [0.2, 0.25) is 0 Å². The largest absolute Gasteiger partial charge is 0.384 e. The lowest BCUT2D eigenvalue weighted by Crippen LogP contribution is -2.55. The van der Waals surface area contributed by atoms with Crippen molar-refractivity contribution in [3.63, 3.8) is 0 Å². The van der Waals surface area contributed by atoms with Crippen LogP contribution in [0.15, 0.2) is 0 Å². The van der Waals surface area contributed by atoms with E-state index in [9.17, 15) is 4.79 Å². The monoisotopic (exact) mass is 283 g/mol. The molecule has 0 radical (unpaired) electrons. The van der Waals surface area contributed by atoms with Crippen LogP contribution in [-0.2, 0) is 9.53 Å². The molecule has 5 nitrogen and oxygen atoms in total. The third-order valence-electron chi connectivity index (χ3n) is 4.58. The number of nitrogens with zero attached hydrogens (tertiary/aromatic N) is 1. The van der Waals surface area contributed by atoms with Crippen molar-refractivity contribution in [2.45, 2.75) is 50.6 Å². The van der Waals surface area contributed by atoms with E-state index in [0.717, 1.165) is 32.7 Å². The Morgan fingerprint density at radius 1 is 1.45 bits per heavy atom. The number of carbonyl (C=O) groups is 1. The maximum Gasteiger partial charge on any atom is 0.237 e. The molecular weight excluding hydrogens is 254 g/mol. The number of methoxy groups -OCH3 is 1. The Balaban J connectivity index is 1.80. The first-order chi connectivity index (χ1) is 9.53. The summed E-state index contributed by atoms with van der Waals surface area (Å²) in [5, 5.41) is 3.42. The van der Waals surface area contributed by atoms with Gasteiger partial charge in [-0.2, -0.15) is 0 Å². The molecule has 1 saturated heterocycles. The van der Waals surface area contributed by atoms with Gasteiger partial charge >= 0.3 is 0 Å². The number of primary amides is 1. The molecule has 116 valence electrons. The standard InChI is InChI=1S/C15H29N3O2/c1-15(14(16)19,17-13-5-6-13)7-9-18-8-3-4-12(10-18)11-20-2/h12-13,17H,3-11H2,1-2H3,(H2,16,19). The van der Waals surface area contributed by atoms with Crippen LogP contribution in [0.3, 0.4) is 0 Å². The summed E-state index contributed by atoms with van der Waals surface area (Å²) >= 11 is 0. The Morgan fingerprint density at radius 2 is 2.20 bits per heavy atom. The van der Waals surface area contributed by atoms with Crippen LogP contribution in [0.1, 0.15) is 39.0 Å². The number of amides is 1. The molecule has 2 atom stereocenters. The molecule has 2 fully saturated rings. The molecule has 3 N–H and O–H groups in total. The van der Waals surface area contributed by atoms with Gasteiger partial charge in [0.05, 0.1) is 12.1 Å². The van der Waals surface area contributed by atoms with Gasteiger partial charge in [-0.15, -0.1) is 0 Å². The number of carbonyl (C=O) groups excluding carboxylic acids is 1. The van der Waals surface area contributed by atoms with Gasteiger partial charge in [0, 0.05) is 26.2 Å². The topological polar surface area (TPSA) is 67.6 Å². The van der Waals surface area contributed by atoms with Gasteiger partial charge in [-0.25, -0.2) is 0 Å². The highest BCUT2D eigenvalue weighted by Gasteiger charge is 2.37. The SMILES string of the molecule is COCC1CCCN(CCC(C)(NC2CC2)C(N)=O)C1. The van der Waals surface area contributed by atoms with E-state index in [1.165, 1.54) is 25.7 Å². The lowest BCUT2D eigenvalue weighted by molar-refractivity contribution is -0.124. The Bertz CT molecular complexity index is 331. The van der Waals surface area contributed by atoms with Crippen molar-refractivity contribution in [1.29, 1.82) is 0 Å². The van der Waals surface area contributed by atoms with Crippen molar-refractivity contribution in [3.05, 3.63) is 0 Å². The minimum Gasteiger partial charge on any atom is -0.384 e. The normalized spacial score (nSPS) is 27.2. The molecule has 1 heterocycles. The van der Waals surface area contributed by atoms with Crippen molar-refractivity contribution < 1.29 is 9.53 Å². The van der Waals surface area contributed by atoms with Crippen LogP contribution in [0.5, 0.6) is 0 Å². The zero-order valence-corrected chi connectivity index (χ0v) is 12.9. The lowest BCUT2D eigenvalue weighted by atomic mass is 9.94. The van der Waals surface area contributed by atoms with E-state index in [2.05, 4.69) is 10.2 Å². The van der Waals surface area contributed by atoms with E-state index in [1.807, 2.05) is 6.92 Å². The summed E-state index contributed by atoms with van der Waals surface area (Å²) in [6.45, 7) is 5.91. The average molecular weight is 283 g/mol. The van der Waals surface area contributed by atoms with Crippen molar-refractivity contribution in [2.75, 3.05) is 33.4 Å². The van der Waals surface area contributed by atoms with Crippen molar-refractivity contribution >= 4 is 5.91 Å². The predicted molar refractivity (Wildman–Crippen MR) is 79.4 cm³/mol. The summed E-state index contributed by atoms with van der Waals surface area (Å²) in [7, 11) is 1.77. The van der Waals surface area contributed by atoms with Crippen LogP contribution < -0.4 is 11.1 Å². The Labute approximate surface area is 122 Å². The quantitative estimate of drug-likeness (QED) is 0.689. The van der Waals surface area contributed by atoms with Crippen LogP contribution in [0.25, 0.3) is 0 Å². The molecule has 0 spiro atoms. The maximum atomic E-state index is 11.7. The molecule has 0 bridgehead atoms. The van der Waals surface area contributed by atoms with E-state index in [-0.39, 0.29) is 5.91 Å². The Kier molecular flexibility index (Phi) is 5.41. The van der Waals surface area contributed by atoms with E-state index in [1.54, 1.807) is 7.11 Å². The van der Waals surface area contributed by atoms with Crippen molar-refractivity contribution in [1.82, 2.24) is 10.2 Å². The summed E-state index contributed by atoms with van der Waals surface area (Å²) in [6.07, 6.45) is 5.60. The lowest BCUT2D eigenvalue weighted by Gasteiger charge is -2.35. The highest BCUT2D eigenvalue weighted by atomic mass is 16.5. The molecule has 0 aromatic rings. The molecule has 1 amide bonds. The smallest absolute Gasteiger partial charge is 0.237 e.